The topological polar surface area (TPSA) is 90.6 Å². The summed E-state index contributed by atoms with van der Waals surface area (Å²) in [5, 5.41) is 2.72. The molecule has 0 fully saturated rings. The first-order valence-electron chi connectivity index (χ1n) is 5.00. The van der Waals surface area contributed by atoms with E-state index in [4.69, 9.17) is 14.8 Å². The van der Waals surface area contributed by atoms with E-state index in [-0.39, 0.29) is 25.3 Å². The van der Waals surface area contributed by atoms with Crippen molar-refractivity contribution in [2.75, 3.05) is 25.3 Å². The van der Waals surface area contributed by atoms with Crippen LogP contribution in [0.5, 0.6) is 0 Å². The molecule has 0 heterocycles. The highest BCUT2D eigenvalue weighted by atomic mass is 32.1. The molecule has 0 aromatic carbocycles. The van der Waals surface area contributed by atoms with Crippen molar-refractivity contribution < 1.29 is 18.4 Å². The highest BCUT2D eigenvalue weighted by Gasteiger charge is 2.25. The third-order valence-electron chi connectivity index (χ3n) is 1.71. The first kappa shape index (κ1) is 15.9. The zero-order valence-corrected chi connectivity index (χ0v) is 11.3. The second kappa shape index (κ2) is 8.08. The van der Waals surface area contributed by atoms with E-state index in [9.17, 15) is 9.36 Å². The minimum absolute atomic E-state index is 0.0527. The third kappa shape index (κ3) is 5.86. The smallest absolute Gasteiger partial charge is 0.344 e. The van der Waals surface area contributed by atoms with E-state index >= 15 is 0 Å². The van der Waals surface area contributed by atoms with Crippen molar-refractivity contribution in [2.24, 2.45) is 5.73 Å². The van der Waals surface area contributed by atoms with Gasteiger partial charge in [-0.25, -0.2) is 0 Å². The minimum Gasteiger partial charge on any atom is -0.368 e. The molecule has 0 aliphatic heterocycles. The van der Waals surface area contributed by atoms with E-state index < -0.39 is 19.5 Å². The molecule has 0 bridgehead atoms. The van der Waals surface area contributed by atoms with Crippen LogP contribution in [0, 0.1) is 0 Å². The fourth-order valence-electron chi connectivity index (χ4n) is 0.999. The van der Waals surface area contributed by atoms with Crippen LogP contribution < -0.4 is 11.1 Å². The molecule has 0 unspecified atom stereocenters. The first-order chi connectivity index (χ1) is 7.49. The van der Waals surface area contributed by atoms with Gasteiger partial charge in [-0.15, -0.1) is 0 Å². The number of hydrogen-bond acceptors (Lipinski definition) is 6. The van der Waals surface area contributed by atoms with Crippen molar-refractivity contribution in [3.8, 4) is 0 Å². The Morgan fingerprint density at radius 3 is 2.25 bits per heavy atom. The number of carbonyl (C=O) groups excluding carboxylic acids is 1. The van der Waals surface area contributed by atoms with Crippen LogP contribution in [0.2, 0.25) is 0 Å². The van der Waals surface area contributed by atoms with Crippen molar-refractivity contribution in [1.82, 2.24) is 5.32 Å². The standard InChI is InChI=1S/C8H19N2O4PS/c1-3-13-15(12,14-4-2)6-10-7(5-16)8(9)11/h7,10,16H,3-6H2,1-2H3,(H2,9,11)/t7-/m0/s1. The summed E-state index contributed by atoms with van der Waals surface area (Å²) in [5.41, 5.74) is 5.10. The maximum absolute atomic E-state index is 12.0. The zero-order chi connectivity index (χ0) is 12.6. The number of hydrogen-bond donors (Lipinski definition) is 3. The lowest BCUT2D eigenvalue weighted by atomic mass is 10.3. The fourth-order valence-corrected chi connectivity index (χ4v) is 2.80. The summed E-state index contributed by atoms with van der Waals surface area (Å²) < 4.78 is 22.0. The second-order valence-electron chi connectivity index (χ2n) is 2.95. The normalized spacial score (nSPS) is 13.7. The van der Waals surface area contributed by atoms with Gasteiger partial charge < -0.3 is 14.8 Å². The average molecular weight is 270 g/mol. The predicted octanol–water partition coefficient (Wildman–Crippen LogP) is 0.583. The number of rotatable bonds is 9. The molecule has 0 aliphatic carbocycles. The maximum Gasteiger partial charge on any atom is 0.344 e. The Balaban J connectivity index is 4.30. The van der Waals surface area contributed by atoms with Crippen LogP contribution in [0.1, 0.15) is 13.8 Å². The minimum atomic E-state index is -3.18. The lowest BCUT2D eigenvalue weighted by Crippen LogP contribution is -2.43. The summed E-state index contributed by atoms with van der Waals surface area (Å²) >= 11 is 3.95. The largest absolute Gasteiger partial charge is 0.368 e. The molecule has 0 aromatic rings. The van der Waals surface area contributed by atoms with Crippen LogP contribution in [-0.4, -0.2) is 37.2 Å². The molecule has 16 heavy (non-hydrogen) atoms. The van der Waals surface area contributed by atoms with Crippen LogP contribution in [0.15, 0.2) is 0 Å². The van der Waals surface area contributed by atoms with Crippen molar-refractivity contribution in [3.63, 3.8) is 0 Å². The molecule has 0 rings (SSSR count). The van der Waals surface area contributed by atoms with Crippen LogP contribution in [0.3, 0.4) is 0 Å². The van der Waals surface area contributed by atoms with Gasteiger partial charge in [0.25, 0.3) is 0 Å². The maximum atomic E-state index is 12.0. The quantitative estimate of drug-likeness (QED) is 0.421. The van der Waals surface area contributed by atoms with Crippen molar-refractivity contribution >= 4 is 26.1 Å². The third-order valence-corrected chi connectivity index (χ3v) is 3.95. The molecule has 6 nitrogen and oxygen atoms in total. The Morgan fingerprint density at radius 2 is 1.94 bits per heavy atom. The van der Waals surface area contributed by atoms with Crippen molar-refractivity contribution in [1.29, 1.82) is 0 Å². The molecule has 96 valence electrons. The molecule has 1 amide bonds. The summed E-state index contributed by atoms with van der Waals surface area (Å²) in [7, 11) is -3.18. The molecular weight excluding hydrogens is 251 g/mol. The Hall–Kier alpha value is -0.0700. The lowest BCUT2D eigenvalue weighted by molar-refractivity contribution is -0.119. The second-order valence-corrected chi connectivity index (χ2v) is 5.37. The lowest BCUT2D eigenvalue weighted by Gasteiger charge is -2.20. The van der Waals surface area contributed by atoms with Gasteiger partial charge in [0, 0.05) is 5.75 Å². The molecule has 0 saturated heterocycles. The highest BCUT2D eigenvalue weighted by Crippen LogP contribution is 2.46. The summed E-state index contributed by atoms with van der Waals surface area (Å²) in [6, 6.07) is -0.641. The fraction of sp³-hybridized carbons (Fsp3) is 0.875. The van der Waals surface area contributed by atoms with E-state index in [1.165, 1.54) is 0 Å². The molecule has 0 saturated carbocycles. The zero-order valence-electron chi connectivity index (χ0n) is 9.51. The van der Waals surface area contributed by atoms with E-state index in [0.717, 1.165) is 0 Å². The van der Waals surface area contributed by atoms with Crippen molar-refractivity contribution in [3.05, 3.63) is 0 Å². The number of carbonyl (C=O) groups is 1. The number of primary amides is 1. The van der Waals surface area contributed by atoms with Crippen molar-refractivity contribution in [2.45, 2.75) is 19.9 Å². The van der Waals surface area contributed by atoms with Crippen LogP contribution >= 0.6 is 20.2 Å². The average Bonchev–Trinajstić information content (AvgIpc) is 2.18. The van der Waals surface area contributed by atoms with E-state index in [2.05, 4.69) is 17.9 Å². The van der Waals surface area contributed by atoms with Gasteiger partial charge in [0.1, 0.15) is 0 Å². The van der Waals surface area contributed by atoms with Gasteiger partial charge in [-0.1, -0.05) is 0 Å². The molecular formula is C8H19N2O4PS. The van der Waals surface area contributed by atoms with Gasteiger partial charge in [-0.05, 0) is 13.8 Å². The summed E-state index contributed by atoms with van der Waals surface area (Å²) in [6.07, 6.45) is -0.0527. The Bertz CT molecular complexity index is 254. The van der Waals surface area contributed by atoms with E-state index in [1.54, 1.807) is 13.8 Å². The summed E-state index contributed by atoms with van der Waals surface area (Å²) in [5.74, 6) is -0.317. The molecule has 8 heteroatoms. The summed E-state index contributed by atoms with van der Waals surface area (Å²) in [6.45, 7) is 3.99. The Kier molecular flexibility index (Phi) is 8.05. The number of nitrogens with one attached hydrogen (secondary N) is 1. The molecule has 0 aliphatic rings. The summed E-state index contributed by atoms with van der Waals surface area (Å²) in [4.78, 5) is 10.9. The SMILES string of the molecule is CCOP(=O)(CN[C@@H](CS)C(N)=O)OCC. The van der Waals surface area contributed by atoms with Gasteiger partial charge in [0.05, 0.1) is 25.5 Å². The van der Waals surface area contributed by atoms with Crippen LogP contribution in [-0.2, 0) is 18.4 Å². The van der Waals surface area contributed by atoms with Gasteiger partial charge in [0.2, 0.25) is 5.91 Å². The van der Waals surface area contributed by atoms with Crippen LogP contribution in [0.4, 0.5) is 0 Å². The van der Waals surface area contributed by atoms with E-state index in [1.807, 2.05) is 0 Å². The number of nitrogens with two attached hydrogens (primary N) is 1. The molecule has 0 spiro atoms. The molecule has 3 N–H and O–H groups in total. The van der Waals surface area contributed by atoms with E-state index in [0.29, 0.717) is 0 Å². The van der Waals surface area contributed by atoms with Crippen LogP contribution in [0.25, 0.3) is 0 Å². The van der Waals surface area contributed by atoms with Gasteiger partial charge in [-0.3, -0.25) is 14.7 Å². The number of amides is 1. The molecule has 0 aromatic heterocycles. The monoisotopic (exact) mass is 270 g/mol. The predicted molar refractivity (Wildman–Crippen MR) is 65.7 cm³/mol. The van der Waals surface area contributed by atoms with Gasteiger partial charge in [-0.2, -0.15) is 12.6 Å². The Morgan fingerprint density at radius 1 is 1.44 bits per heavy atom. The van der Waals surface area contributed by atoms with Gasteiger partial charge >= 0.3 is 7.60 Å². The highest BCUT2D eigenvalue weighted by molar-refractivity contribution is 7.80. The first-order valence-corrected chi connectivity index (χ1v) is 7.36. The molecule has 0 radical (unpaired) electrons. The Labute approximate surface area is 101 Å². The van der Waals surface area contributed by atoms with Gasteiger partial charge in [0.15, 0.2) is 0 Å². The molecule has 1 atom stereocenters. The number of thiol groups is 1.